The number of ether oxygens (including phenoxy) is 1. The minimum absolute atomic E-state index is 0.0202. The monoisotopic (exact) mass is 941 g/mol. The first-order valence-electron chi connectivity index (χ1n) is 24.2. The average Bonchev–Trinajstić information content (AvgIpc) is 3.45. The Morgan fingerprint density at radius 3 is 1.45 bits per heavy atom. The molecule has 4 heterocycles. The van der Waals surface area contributed by atoms with Gasteiger partial charge in [0.2, 0.25) is 0 Å². The van der Waals surface area contributed by atoms with E-state index in [2.05, 4.69) is 193 Å². The second-order valence-electron chi connectivity index (χ2n) is 18.5. The Morgan fingerprint density at radius 2 is 0.859 bits per heavy atom. The van der Waals surface area contributed by atoms with Crippen LogP contribution in [0.5, 0.6) is 11.5 Å². The predicted molar refractivity (Wildman–Crippen MR) is 297 cm³/mol. The molecule has 11 aromatic rings. The molecule has 14 rings (SSSR count). The van der Waals surface area contributed by atoms with Gasteiger partial charge in [0.1, 0.15) is 0 Å². The first-order valence-corrected chi connectivity index (χ1v) is 27.3. The van der Waals surface area contributed by atoms with Gasteiger partial charge in [0.05, 0.1) is 0 Å². The molecular formula is C63H42BN4OSSi-. The van der Waals surface area contributed by atoms with E-state index in [0.29, 0.717) is 17.5 Å². The molecule has 0 aliphatic carbocycles. The molecule has 1 aromatic heterocycles. The number of aromatic nitrogens is 3. The first-order chi connectivity index (χ1) is 35.2. The summed E-state index contributed by atoms with van der Waals surface area (Å²) in [5.74, 6) is 3.74. The summed E-state index contributed by atoms with van der Waals surface area (Å²) in [5.41, 5.74) is 12.3. The van der Waals surface area contributed by atoms with Crippen molar-refractivity contribution < 1.29 is 4.74 Å². The van der Waals surface area contributed by atoms with E-state index >= 15 is 0 Å². The molecule has 5 nitrogen and oxygen atoms in total. The van der Waals surface area contributed by atoms with E-state index in [1.54, 1.807) is 0 Å². The van der Waals surface area contributed by atoms with Crippen molar-refractivity contribution in [3.63, 3.8) is 0 Å². The third kappa shape index (κ3) is 6.74. The van der Waals surface area contributed by atoms with Crippen LogP contribution >= 0.6 is 11.8 Å². The molecule has 3 aliphatic heterocycles. The Hall–Kier alpha value is -8.56. The molecule has 71 heavy (non-hydrogen) atoms. The standard InChI is InChI=1S/C63H42BN4OSSi/c1-5-19-43(20-6-1)61-65-62(44-21-7-2-8-22-44)67-63(66-61)45-35-33-42(34-36-45)46-37-38-51-56(39-46)70-57-41-47(40-55-60(57)64(51)50-27-13-16-30-54(50)69-55)68-52-28-14-17-31-58(52)71(48-23-9-3-10-24-48,49-25-11-4-12-26-49)59-32-18-15-29-53(59)68/h1-41,71H/q-1. The summed E-state index contributed by atoms with van der Waals surface area (Å²) in [6, 6.07) is 89.9. The number of nitrogens with zero attached hydrogens (tertiary/aromatic N) is 4. The van der Waals surface area contributed by atoms with Crippen LogP contribution < -0.4 is 46.8 Å². The molecule has 0 amide bonds. The molecule has 8 heteroatoms. The second-order valence-corrected chi connectivity index (χ2v) is 23.9. The quantitative estimate of drug-likeness (QED) is 0.148. The molecule has 0 bridgehead atoms. The summed E-state index contributed by atoms with van der Waals surface area (Å²) >= 11 is 1.84. The summed E-state index contributed by atoms with van der Waals surface area (Å²) in [6.07, 6.45) is 0. The maximum absolute atomic E-state index is 6.99. The Labute approximate surface area is 418 Å². The van der Waals surface area contributed by atoms with Gasteiger partial charge in [0, 0.05) is 16.7 Å². The zero-order valence-electron chi connectivity index (χ0n) is 38.4. The summed E-state index contributed by atoms with van der Waals surface area (Å²) in [5, 5.41) is 5.58. The summed E-state index contributed by atoms with van der Waals surface area (Å²) in [6.45, 7) is 0.0202. The summed E-state index contributed by atoms with van der Waals surface area (Å²) < 4.78 is 6.99. The van der Waals surface area contributed by atoms with Gasteiger partial charge in [-0.25, -0.2) is 15.0 Å². The minimum Gasteiger partial charge on any atom is -0.208 e. The molecule has 0 unspecified atom stereocenters. The topological polar surface area (TPSA) is 51.1 Å². The van der Waals surface area contributed by atoms with Crippen molar-refractivity contribution in [1.29, 1.82) is 0 Å². The molecule has 3 aliphatic rings. The molecule has 10 aromatic carbocycles. The Bertz CT molecular complexity index is 3700. The molecule has 0 N–H and O–H groups in total. The molecule has 0 spiro atoms. The van der Waals surface area contributed by atoms with Crippen molar-refractivity contribution in [2.24, 2.45) is 0 Å². The van der Waals surface area contributed by atoms with E-state index in [0.717, 1.165) is 45.0 Å². The number of benzene rings is 10. The Balaban J connectivity index is 0.880. The van der Waals surface area contributed by atoms with Crippen molar-refractivity contribution in [1.82, 2.24) is 15.0 Å². The number of fused-ring (bicyclic) bond motifs is 6. The predicted octanol–water partition coefficient (Wildman–Crippen LogP) is 10.5. The fourth-order valence-corrected chi connectivity index (χ4v) is 18.7. The van der Waals surface area contributed by atoms with Crippen LogP contribution in [0.2, 0.25) is 0 Å². The number of anilines is 3. The first kappa shape index (κ1) is 41.4. The van der Waals surface area contributed by atoms with Crippen LogP contribution in [-0.4, -0.2) is 29.7 Å². The van der Waals surface area contributed by atoms with Gasteiger partial charge in [-0.3, -0.25) is 0 Å². The van der Waals surface area contributed by atoms with Crippen LogP contribution in [0.25, 0.3) is 45.3 Å². The zero-order valence-corrected chi connectivity index (χ0v) is 40.4. The van der Waals surface area contributed by atoms with Gasteiger partial charge in [-0.05, 0) is 0 Å². The number of rotatable bonds is 7. The fourth-order valence-electron chi connectivity index (χ4n) is 11.6. The smallest absolute Gasteiger partial charge is 0.208 e. The van der Waals surface area contributed by atoms with E-state index < -0.39 is 8.07 Å². The van der Waals surface area contributed by atoms with Crippen LogP contribution in [-0.2, 0) is 0 Å². The van der Waals surface area contributed by atoms with Gasteiger partial charge >= 0.3 is 299 Å². The van der Waals surface area contributed by atoms with E-state index in [9.17, 15) is 0 Å². The Kier molecular flexibility index (Phi) is 9.83. The zero-order chi connectivity index (χ0) is 46.9. The normalized spacial score (nSPS) is 13.9. The molecule has 334 valence electrons. The van der Waals surface area contributed by atoms with E-state index in [1.807, 2.05) is 72.4 Å². The van der Waals surface area contributed by atoms with Crippen molar-refractivity contribution in [2.45, 2.75) is 9.79 Å². The number of hydrogen-bond donors (Lipinski definition) is 0. The number of para-hydroxylation sites is 3. The summed E-state index contributed by atoms with van der Waals surface area (Å²) in [7, 11) is -3.22. The summed E-state index contributed by atoms with van der Waals surface area (Å²) in [4.78, 5) is 19.8. The van der Waals surface area contributed by atoms with E-state index in [-0.39, 0.29) is 6.71 Å². The number of hydrogen-bond acceptors (Lipinski definition) is 6. The molecular weight excluding hydrogens is 900 g/mol. The van der Waals surface area contributed by atoms with Gasteiger partial charge in [-0.2, -0.15) is 0 Å². The molecule has 0 saturated carbocycles. The molecule has 0 atom stereocenters. The fraction of sp³-hybridized carbons (Fsp3) is 0. The SMILES string of the molecule is c1ccc(-c2nc(-c3ccccc3)nc(-c3ccc(-c4ccc5c(c4)Sc4cc(N6c7ccccc7[SiH-](c7ccccc7)(c7ccccc7)c7ccccc76)cc6c4B5c4ccccc4O6)cc3)n2)cc1. The van der Waals surface area contributed by atoms with Crippen molar-refractivity contribution in [3.8, 4) is 56.8 Å². The van der Waals surface area contributed by atoms with Crippen LogP contribution in [0, 0.1) is 0 Å². The van der Waals surface area contributed by atoms with Gasteiger partial charge in [-0.1, -0.05) is 72.8 Å². The second kappa shape index (κ2) is 16.8. The van der Waals surface area contributed by atoms with Crippen LogP contribution in [0.15, 0.2) is 259 Å². The third-order valence-electron chi connectivity index (χ3n) is 14.7. The van der Waals surface area contributed by atoms with Gasteiger partial charge in [0.15, 0.2) is 17.5 Å². The van der Waals surface area contributed by atoms with Gasteiger partial charge < -0.3 is 0 Å². The molecule has 0 radical (unpaired) electrons. The van der Waals surface area contributed by atoms with Gasteiger partial charge in [0.25, 0.3) is 0 Å². The van der Waals surface area contributed by atoms with Crippen LogP contribution in [0.1, 0.15) is 0 Å². The van der Waals surface area contributed by atoms with E-state index in [4.69, 9.17) is 19.7 Å². The average molecular weight is 942 g/mol. The van der Waals surface area contributed by atoms with Crippen molar-refractivity contribution in [3.05, 3.63) is 249 Å². The molecule has 0 saturated heterocycles. The minimum atomic E-state index is -3.22. The van der Waals surface area contributed by atoms with Crippen LogP contribution in [0.3, 0.4) is 0 Å². The Morgan fingerprint density at radius 1 is 0.380 bits per heavy atom. The van der Waals surface area contributed by atoms with E-state index in [1.165, 1.54) is 58.3 Å². The molecule has 0 fully saturated rings. The van der Waals surface area contributed by atoms with Crippen LogP contribution in [0.4, 0.5) is 17.1 Å². The third-order valence-corrected chi connectivity index (χ3v) is 21.4. The van der Waals surface area contributed by atoms with Gasteiger partial charge in [-0.15, -0.1) is 0 Å². The van der Waals surface area contributed by atoms with Crippen molar-refractivity contribution in [2.75, 3.05) is 4.90 Å². The maximum atomic E-state index is 6.99. The van der Waals surface area contributed by atoms with Crippen molar-refractivity contribution >= 4 is 80.7 Å².